The van der Waals surface area contributed by atoms with Crippen LogP contribution < -0.4 is 5.32 Å². The summed E-state index contributed by atoms with van der Waals surface area (Å²) in [6, 6.07) is 0.330. The Morgan fingerprint density at radius 2 is 2.00 bits per heavy atom. The third-order valence-electron chi connectivity index (χ3n) is 3.33. The van der Waals surface area contributed by atoms with Crippen molar-refractivity contribution in [2.24, 2.45) is 5.92 Å². The van der Waals surface area contributed by atoms with Crippen LogP contribution >= 0.6 is 0 Å². The monoisotopic (exact) mass is 199 g/mol. The van der Waals surface area contributed by atoms with Gasteiger partial charge >= 0.3 is 5.97 Å². The second kappa shape index (κ2) is 4.30. The Morgan fingerprint density at radius 1 is 1.50 bits per heavy atom. The first-order chi connectivity index (χ1) is 6.54. The number of rotatable bonds is 6. The summed E-state index contributed by atoms with van der Waals surface area (Å²) in [5.41, 5.74) is -0.698. The first-order valence-corrected chi connectivity index (χ1v) is 5.55. The largest absolute Gasteiger partial charge is 0.480 e. The van der Waals surface area contributed by atoms with Crippen molar-refractivity contribution in [3.8, 4) is 0 Å². The number of hydrogen-bond donors (Lipinski definition) is 2. The lowest BCUT2D eigenvalue weighted by atomic mass is 9.93. The van der Waals surface area contributed by atoms with Crippen LogP contribution in [-0.2, 0) is 4.79 Å². The normalized spacial score (nSPS) is 20.9. The van der Waals surface area contributed by atoms with Crippen molar-refractivity contribution in [2.75, 3.05) is 0 Å². The lowest BCUT2D eigenvalue weighted by molar-refractivity contribution is -0.145. The van der Waals surface area contributed by atoms with E-state index >= 15 is 0 Å². The molecule has 0 spiro atoms. The zero-order chi connectivity index (χ0) is 10.8. The molecule has 2 N–H and O–H groups in total. The van der Waals surface area contributed by atoms with E-state index in [9.17, 15) is 9.90 Å². The zero-order valence-electron chi connectivity index (χ0n) is 9.34. The molecule has 3 heteroatoms. The number of carboxylic acids is 1. The van der Waals surface area contributed by atoms with Gasteiger partial charge < -0.3 is 5.11 Å². The minimum Gasteiger partial charge on any atom is -0.480 e. The molecule has 0 bridgehead atoms. The van der Waals surface area contributed by atoms with E-state index in [1.54, 1.807) is 0 Å². The van der Waals surface area contributed by atoms with Crippen molar-refractivity contribution in [1.82, 2.24) is 5.32 Å². The quantitative estimate of drug-likeness (QED) is 0.688. The molecule has 1 aliphatic rings. The van der Waals surface area contributed by atoms with Gasteiger partial charge in [-0.25, -0.2) is 0 Å². The van der Waals surface area contributed by atoms with Gasteiger partial charge in [0, 0.05) is 6.04 Å². The molecule has 0 aromatic carbocycles. The molecule has 0 amide bonds. The number of carbonyl (C=O) groups is 1. The Kier molecular flexibility index (Phi) is 3.53. The fourth-order valence-electron chi connectivity index (χ4n) is 1.93. The summed E-state index contributed by atoms with van der Waals surface area (Å²) in [5, 5.41) is 12.5. The molecule has 3 nitrogen and oxygen atoms in total. The van der Waals surface area contributed by atoms with Gasteiger partial charge in [0.25, 0.3) is 0 Å². The number of aliphatic carboxylic acids is 1. The van der Waals surface area contributed by atoms with Crippen LogP contribution in [-0.4, -0.2) is 22.7 Å². The summed E-state index contributed by atoms with van der Waals surface area (Å²) in [6.45, 7) is 6.01. The van der Waals surface area contributed by atoms with E-state index in [4.69, 9.17) is 0 Å². The topological polar surface area (TPSA) is 49.3 Å². The molecule has 82 valence electrons. The SMILES string of the molecule is CCC(CC)NC(C)(C(=O)O)C1CC1. The number of hydrogen-bond acceptors (Lipinski definition) is 2. The molecular weight excluding hydrogens is 178 g/mol. The average Bonchev–Trinajstić information content (AvgIpc) is 2.96. The van der Waals surface area contributed by atoms with E-state index in [2.05, 4.69) is 19.2 Å². The molecule has 1 atom stereocenters. The molecular formula is C11H21NO2. The van der Waals surface area contributed by atoms with Crippen molar-refractivity contribution in [3.05, 3.63) is 0 Å². The van der Waals surface area contributed by atoms with E-state index < -0.39 is 11.5 Å². The van der Waals surface area contributed by atoms with Gasteiger partial charge in [-0.2, -0.15) is 0 Å². The van der Waals surface area contributed by atoms with Crippen molar-refractivity contribution in [1.29, 1.82) is 0 Å². The summed E-state index contributed by atoms with van der Waals surface area (Å²) in [5.74, 6) is -0.368. The summed E-state index contributed by atoms with van der Waals surface area (Å²) in [6.07, 6.45) is 4.09. The van der Waals surface area contributed by atoms with Gasteiger partial charge in [-0.15, -0.1) is 0 Å². The van der Waals surface area contributed by atoms with Crippen LogP contribution in [0.25, 0.3) is 0 Å². The molecule has 0 heterocycles. The van der Waals surface area contributed by atoms with Gasteiger partial charge in [0.1, 0.15) is 5.54 Å². The lowest BCUT2D eigenvalue weighted by Gasteiger charge is -2.31. The molecule has 1 rings (SSSR count). The van der Waals surface area contributed by atoms with Gasteiger partial charge in [-0.1, -0.05) is 13.8 Å². The summed E-state index contributed by atoms with van der Waals surface area (Å²) >= 11 is 0. The summed E-state index contributed by atoms with van der Waals surface area (Å²) < 4.78 is 0. The van der Waals surface area contributed by atoms with E-state index in [-0.39, 0.29) is 0 Å². The maximum atomic E-state index is 11.2. The standard InChI is InChI=1S/C11H21NO2/c1-4-9(5-2)12-11(3,10(13)14)8-6-7-8/h8-9,12H,4-7H2,1-3H3,(H,13,14). The highest BCUT2D eigenvalue weighted by atomic mass is 16.4. The van der Waals surface area contributed by atoms with Crippen LogP contribution in [0.15, 0.2) is 0 Å². The first kappa shape index (κ1) is 11.5. The predicted octanol–water partition coefficient (Wildman–Crippen LogP) is 2.02. The lowest BCUT2D eigenvalue weighted by Crippen LogP contribution is -2.55. The predicted molar refractivity (Wildman–Crippen MR) is 56.3 cm³/mol. The number of carboxylic acid groups (broad SMARTS) is 1. The van der Waals surface area contributed by atoms with E-state index in [1.807, 2.05) is 6.92 Å². The first-order valence-electron chi connectivity index (χ1n) is 5.55. The fraction of sp³-hybridized carbons (Fsp3) is 0.909. The van der Waals surface area contributed by atoms with Crippen molar-refractivity contribution in [2.45, 2.75) is 58.0 Å². The highest BCUT2D eigenvalue weighted by Gasteiger charge is 2.47. The molecule has 1 fully saturated rings. The minimum atomic E-state index is -0.702. The van der Waals surface area contributed by atoms with Gasteiger partial charge in [-0.3, -0.25) is 10.1 Å². The summed E-state index contributed by atoms with van der Waals surface area (Å²) in [7, 11) is 0. The Hall–Kier alpha value is -0.570. The van der Waals surface area contributed by atoms with E-state index in [0.717, 1.165) is 25.7 Å². The second-order valence-electron chi connectivity index (χ2n) is 4.44. The average molecular weight is 199 g/mol. The van der Waals surface area contributed by atoms with Crippen molar-refractivity contribution < 1.29 is 9.90 Å². The van der Waals surface area contributed by atoms with Gasteiger partial charge in [0.05, 0.1) is 0 Å². The molecule has 1 saturated carbocycles. The highest BCUT2D eigenvalue weighted by molar-refractivity contribution is 5.79. The van der Waals surface area contributed by atoms with E-state index in [1.165, 1.54) is 0 Å². The van der Waals surface area contributed by atoms with Crippen LogP contribution in [0.4, 0.5) is 0 Å². The molecule has 0 aromatic heterocycles. The van der Waals surface area contributed by atoms with Crippen LogP contribution in [0, 0.1) is 5.92 Å². The van der Waals surface area contributed by atoms with E-state index in [0.29, 0.717) is 12.0 Å². The third-order valence-corrected chi connectivity index (χ3v) is 3.33. The highest BCUT2D eigenvalue weighted by Crippen LogP contribution is 2.40. The molecule has 0 saturated heterocycles. The zero-order valence-corrected chi connectivity index (χ0v) is 9.34. The van der Waals surface area contributed by atoms with Gasteiger partial charge in [0.2, 0.25) is 0 Å². The second-order valence-corrected chi connectivity index (χ2v) is 4.44. The molecule has 0 aliphatic heterocycles. The van der Waals surface area contributed by atoms with Crippen LogP contribution in [0.1, 0.15) is 46.5 Å². The minimum absolute atomic E-state index is 0.330. The third kappa shape index (κ3) is 2.27. The molecule has 14 heavy (non-hydrogen) atoms. The Morgan fingerprint density at radius 3 is 2.29 bits per heavy atom. The van der Waals surface area contributed by atoms with Crippen molar-refractivity contribution >= 4 is 5.97 Å². The summed E-state index contributed by atoms with van der Waals surface area (Å²) in [4.78, 5) is 11.2. The Balaban J connectivity index is 2.63. The van der Waals surface area contributed by atoms with Gasteiger partial charge in [-0.05, 0) is 38.5 Å². The van der Waals surface area contributed by atoms with Crippen LogP contribution in [0.2, 0.25) is 0 Å². The van der Waals surface area contributed by atoms with Gasteiger partial charge in [0.15, 0.2) is 0 Å². The molecule has 1 unspecified atom stereocenters. The number of nitrogens with one attached hydrogen (secondary N) is 1. The molecule has 0 aromatic rings. The Labute approximate surface area is 85.9 Å². The molecule has 0 radical (unpaired) electrons. The maximum Gasteiger partial charge on any atom is 0.323 e. The molecule has 1 aliphatic carbocycles. The fourth-order valence-corrected chi connectivity index (χ4v) is 1.93. The maximum absolute atomic E-state index is 11.2. The Bertz CT molecular complexity index is 209. The van der Waals surface area contributed by atoms with Crippen LogP contribution in [0.5, 0.6) is 0 Å². The van der Waals surface area contributed by atoms with Crippen molar-refractivity contribution in [3.63, 3.8) is 0 Å². The van der Waals surface area contributed by atoms with Crippen LogP contribution in [0.3, 0.4) is 0 Å². The smallest absolute Gasteiger partial charge is 0.323 e.